The fraction of sp³-hybridized carbons (Fsp3) is 0.125. The molecular weight excluding hydrogens is 220 g/mol. The molecule has 0 amide bonds. The molecule has 0 radical (unpaired) electrons. The van der Waals surface area contributed by atoms with Crippen molar-refractivity contribution in [2.45, 2.75) is 12.8 Å². The normalized spacial score (nSPS) is 13.6. The molecule has 0 saturated carbocycles. The van der Waals surface area contributed by atoms with Crippen LogP contribution in [0.1, 0.15) is 16.7 Å². The first-order chi connectivity index (χ1) is 8.86. The van der Waals surface area contributed by atoms with Gasteiger partial charge in [-0.15, -0.1) is 0 Å². The maximum atomic E-state index is 5.44. The summed E-state index contributed by atoms with van der Waals surface area (Å²) in [7, 11) is 0. The highest BCUT2D eigenvalue weighted by Crippen LogP contribution is 2.30. The van der Waals surface area contributed by atoms with Crippen molar-refractivity contribution >= 4 is 17.5 Å². The molecule has 0 spiro atoms. The molecule has 0 unspecified atom stereocenters. The lowest BCUT2D eigenvalue weighted by Crippen LogP contribution is -1.93. The lowest BCUT2D eigenvalue weighted by molar-refractivity contribution is 0.977. The van der Waals surface area contributed by atoms with Gasteiger partial charge in [-0.1, -0.05) is 24.3 Å². The number of fused-ring (bicyclic) bond motifs is 2. The van der Waals surface area contributed by atoms with Gasteiger partial charge < -0.3 is 11.1 Å². The standard InChI is InChI=1S/C16H16N2/c17-10-9-12-5-8-16-14(11-12)7-6-13-3-1-2-4-15(13)18-16/h1-5,8-11,18H,6-7,17H2/b10-9-. The summed E-state index contributed by atoms with van der Waals surface area (Å²) >= 11 is 0. The molecule has 0 aromatic heterocycles. The van der Waals surface area contributed by atoms with Crippen molar-refractivity contribution in [3.63, 3.8) is 0 Å². The second kappa shape index (κ2) is 4.57. The van der Waals surface area contributed by atoms with Crippen LogP contribution in [0.25, 0.3) is 6.08 Å². The Labute approximate surface area is 107 Å². The van der Waals surface area contributed by atoms with E-state index in [1.165, 1.54) is 22.5 Å². The maximum absolute atomic E-state index is 5.44. The molecule has 0 fully saturated rings. The Morgan fingerprint density at radius 3 is 2.61 bits per heavy atom. The monoisotopic (exact) mass is 236 g/mol. The van der Waals surface area contributed by atoms with Gasteiger partial charge in [0.05, 0.1) is 0 Å². The van der Waals surface area contributed by atoms with Gasteiger partial charge in [-0.3, -0.25) is 0 Å². The van der Waals surface area contributed by atoms with Crippen LogP contribution in [-0.4, -0.2) is 0 Å². The van der Waals surface area contributed by atoms with Crippen LogP contribution in [0.5, 0.6) is 0 Å². The number of rotatable bonds is 1. The zero-order chi connectivity index (χ0) is 12.4. The van der Waals surface area contributed by atoms with Crippen LogP contribution in [-0.2, 0) is 12.8 Å². The SMILES string of the molecule is N/C=C\c1ccc2c(c1)CCc1ccccc1N2. The number of benzene rings is 2. The first-order valence-electron chi connectivity index (χ1n) is 6.23. The highest BCUT2D eigenvalue weighted by atomic mass is 14.9. The number of para-hydroxylation sites is 1. The van der Waals surface area contributed by atoms with Crippen molar-refractivity contribution in [3.8, 4) is 0 Å². The molecule has 2 heteroatoms. The van der Waals surface area contributed by atoms with Crippen molar-refractivity contribution in [2.24, 2.45) is 5.73 Å². The zero-order valence-electron chi connectivity index (χ0n) is 10.2. The highest BCUT2D eigenvalue weighted by molar-refractivity contribution is 5.70. The zero-order valence-corrected chi connectivity index (χ0v) is 10.2. The predicted molar refractivity (Wildman–Crippen MR) is 76.8 cm³/mol. The molecule has 0 atom stereocenters. The summed E-state index contributed by atoms with van der Waals surface area (Å²) in [6, 6.07) is 14.9. The van der Waals surface area contributed by atoms with Gasteiger partial charge in [-0.05, 0) is 60.0 Å². The van der Waals surface area contributed by atoms with Crippen LogP contribution >= 0.6 is 0 Å². The molecule has 0 bridgehead atoms. The van der Waals surface area contributed by atoms with E-state index in [1.807, 2.05) is 6.08 Å². The summed E-state index contributed by atoms with van der Waals surface area (Å²) in [5.41, 5.74) is 11.7. The van der Waals surface area contributed by atoms with E-state index in [9.17, 15) is 0 Å². The molecule has 90 valence electrons. The second-order valence-electron chi connectivity index (χ2n) is 4.56. The number of aryl methyl sites for hydroxylation is 2. The molecule has 18 heavy (non-hydrogen) atoms. The Morgan fingerprint density at radius 2 is 1.72 bits per heavy atom. The van der Waals surface area contributed by atoms with Gasteiger partial charge in [0, 0.05) is 11.4 Å². The van der Waals surface area contributed by atoms with E-state index in [1.54, 1.807) is 6.20 Å². The van der Waals surface area contributed by atoms with E-state index in [0.29, 0.717) is 0 Å². The van der Waals surface area contributed by atoms with E-state index in [-0.39, 0.29) is 0 Å². The van der Waals surface area contributed by atoms with Gasteiger partial charge in [-0.2, -0.15) is 0 Å². The Bertz CT molecular complexity index is 600. The van der Waals surface area contributed by atoms with Gasteiger partial charge in [-0.25, -0.2) is 0 Å². The average Bonchev–Trinajstić information content (AvgIpc) is 2.58. The Hall–Kier alpha value is -2.22. The Kier molecular flexibility index (Phi) is 2.77. The fourth-order valence-electron chi connectivity index (χ4n) is 2.43. The van der Waals surface area contributed by atoms with Gasteiger partial charge in [0.1, 0.15) is 0 Å². The third kappa shape index (κ3) is 1.97. The smallest absolute Gasteiger partial charge is 0.0417 e. The van der Waals surface area contributed by atoms with Crippen molar-refractivity contribution in [1.82, 2.24) is 0 Å². The molecule has 2 aromatic rings. The highest BCUT2D eigenvalue weighted by Gasteiger charge is 2.11. The molecule has 1 aliphatic rings. The fourth-order valence-corrected chi connectivity index (χ4v) is 2.43. The lowest BCUT2D eigenvalue weighted by Gasteiger charge is -2.09. The molecule has 2 nitrogen and oxygen atoms in total. The van der Waals surface area contributed by atoms with Gasteiger partial charge >= 0.3 is 0 Å². The van der Waals surface area contributed by atoms with E-state index in [2.05, 4.69) is 47.8 Å². The van der Waals surface area contributed by atoms with Crippen LogP contribution in [0.3, 0.4) is 0 Å². The Morgan fingerprint density at radius 1 is 0.944 bits per heavy atom. The number of anilines is 2. The molecule has 2 aromatic carbocycles. The maximum Gasteiger partial charge on any atom is 0.0417 e. The van der Waals surface area contributed by atoms with Gasteiger partial charge in [0.25, 0.3) is 0 Å². The van der Waals surface area contributed by atoms with E-state index in [0.717, 1.165) is 18.4 Å². The number of hydrogen-bond donors (Lipinski definition) is 2. The van der Waals surface area contributed by atoms with Crippen LogP contribution in [0.4, 0.5) is 11.4 Å². The minimum Gasteiger partial charge on any atom is -0.405 e. The minimum absolute atomic E-state index is 1.06. The summed E-state index contributed by atoms with van der Waals surface area (Å²) in [6.07, 6.45) is 5.65. The number of nitrogens with one attached hydrogen (secondary N) is 1. The minimum atomic E-state index is 1.06. The lowest BCUT2D eigenvalue weighted by atomic mass is 10.0. The molecule has 1 aliphatic heterocycles. The average molecular weight is 236 g/mol. The van der Waals surface area contributed by atoms with E-state index in [4.69, 9.17) is 5.73 Å². The van der Waals surface area contributed by atoms with Crippen LogP contribution in [0.15, 0.2) is 48.7 Å². The van der Waals surface area contributed by atoms with Crippen molar-refractivity contribution in [1.29, 1.82) is 0 Å². The molecule has 0 saturated heterocycles. The quantitative estimate of drug-likeness (QED) is 0.795. The topological polar surface area (TPSA) is 38.0 Å². The molecule has 0 aliphatic carbocycles. The number of nitrogens with two attached hydrogens (primary N) is 1. The van der Waals surface area contributed by atoms with Crippen molar-refractivity contribution < 1.29 is 0 Å². The third-order valence-corrected chi connectivity index (χ3v) is 3.37. The van der Waals surface area contributed by atoms with E-state index >= 15 is 0 Å². The first kappa shape index (κ1) is 10.9. The largest absolute Gasteiger partial charge is 0.405 e. The van der Waals surface area contributed by atoms with Gasteiger partial charge in [0.15, 0.2) is 0 Å². The molecule has 3 rings (SSSR count). The molecule has 1 heterocycles. The first-order valence-corrected chi connectivity index (χ1v) is 6.23. The summed E-state index contributed by atoms with van der Waals surface area (Å²) < 4.78 is 0. The van der Waals surface area contributed by atoms with Crippen LogP contribution in [0, 0.1) is 0 Å². The van der Waals surface area contributed by atoms with Crippen LogP contribution in [0.2, 0.25) is 0 Å². The van der Waals surface area contributed by atoms with E-state index < -0.39 is 0 Å². The van der Waals surface area contributed by atoms with Crippen molar-refractivity contribution in [3.05, 3.63) is 65.4 Å². The summed E-state index contributed by atoms with van der Waals surface area (Å²) in [5.74, 6) is 0. The van der Waals surface area contributed by atoms with Crippen molar-refractivity contribution in [2.75, 3.05) is 5.32 Å². The molecular formula is C16H16N2. The van der Waals surface area contributed by atoms with Gasteiger partial charge in [0.2, 0.25) is 0 Å². The van der Waals surface area contributed by atoms with Crippen LogP contribution < -0.4 is 11.1 Å². The number of hydrogen-bond acceptors (Lipinski definition) is 2. The summed E-state index contributed by atoms with van der Waals surface area (Å²) in [4.78, 5) is 0. The summed E-state index contributed by atoms with van der Waals surface area (Å²) in [5, 5.41) is 3.52. The second-order valence-corrected chi connectivity index (χ2v) is 4.56. The Balaban J connectivity index is 2.01. The molecule has 3 N–H and O–H groups in total. The predicted octanol–water partition coefficient (Wildman–Crippen LogP) is 3.46. The summed E-state index contributed by atoms with van der Waals surface area (Å²) in [6.45, 7) is 0. The third-order valence-electron chi connectivity index (χ3n) is 3.37.